The average molecular weight is 370 g/mol. The van der Waals surface area contributed by atoms with E-state index in [0.717, 1.165) is 31.6 Å². The van der Waals surface area contributed by atoms with E-state index in [4.69, 9.17) is 9.47 Å². The lowest BCUT2D eigenvalue weighted by Gasteiger charge is -2.30. The Hall–Kier alpha value is -2.83. The summed E-state index contributed by atoms with van der Waals surface area (Å²) in [6.45, 7) is 5.56. The number of methoxy groups -OCH3 is 2. The minimum Gasteiger partial charge on any atom is -0.497 e. The van der Waals surface area contributed by atoms with Crippen LogP contribution < -0.4 is 14.8 Å². The zero-order valence-corrected chi connectivity index (χ0v) is 16.3. The number of benzene rings is 1. The molecule has 3 rings (SSSR count). The predicted octanol–water partition coefficient (Wildman–Crippen LogP) is 3.42. The van der Waals surface area contributed by atoms with Gasteiger partial charge in [0.2, 0.25) is 0 Å². The number of anilines is 2. The van der Waals surface area contributed by atoms with Crippen molar-refractivity contribution in [1.82, 2.24) is 14.9 Å². The Balaban J connectivity index is 1.82. The molecule has 27 heavy (non-hydrogen) atoms. The highest BCUT2D eigenvalue weighted by molar-refractivity contribution is 5.93. The SMILES string of the molecule is COc1ccc(Nc2cc(C(=O)N3CCC(C)CC3)nc(C)n2)c(OC)c1. The number of hydrogen-bond acceptors (Lipinski definition) is 6. The molecule has 1 aliphatic heterocycles. The van der Waals surface area contributed by atoms with Crippen LogP contribution in [0, 0.1) is 12.8 Å². The van der Waals surface area contributed by atoms with Gasteiger partial charge in [-0.15, -0.1) is 0 Å². The Bertz CT molecular complexity index is 817. The van der Waals surface area contributed by atoms with Gasteiger partial charge in [-0.25, -0.2) is 9.97 Å². The number of aryl methyl sites for hydroxylation is 1. The summed E-state index contributed by atoms with van der Waals surface area (Å²) in [4.78, 5) is 23.5. The van der Waals surface area contributed by atoms with E-state index >= 15 is 0 Å². The lowest BCUT2D eigenvalue weighted by Crippen LogP contribution is -2.38. The van der Waals surface area contributed by atoms with Crippen LogP contribution in [0.2, 0.25) is 0 Å². The van der Waals surface area contributed by atoms with E-state index in [2.05, 4.69) is 22.2 Å². The summed E-state index contributed by atoms with van der Waals surface area (Å²) in [7, 11) is 3.20. The minimum atomic E-state index is -0.0443. The fraction of sp³-hybridized carbons (Fsp3) is 0.450. The molecule has 1 aromatic heterocycles. The summed E-state index contributed by atoms with van der Waals surface area (Å²) < 4.78 is 10.6. The van der Waals surface area contributed by atoms with Crippen LogP contribution in [0.4, 0.5) is 11.5 Å². The third-order valence-electron chi connectivity index (χ3n) is 4.80. The molecular formula is C20H26N4O3. The smallest absolute Gasteiger partial charge is 0.272 e. The van der Waals surface area contributed by atoms with Gasteiger partial charge in [-0.05, 0) is 37.8 Å². The minimum absolute atomic E-state index is 0.0443. The molecule has 7 heteroatoms. The Kier molecular flexibility index (Phi) is 5.78. The quantitative estimate of drug-likeness (QED) is 0.869. The fourth-order valence-corrected chi connectivity index (χ4v) is 3.15. The van der Waals surface area contributed by atoms with Crippen molar-refractivity contribution in [2.24, 2.45) is 5.92 Å². The van der Waals surface area contributed by atoms with Gasteiger partial charge in [0.05, 0.1) is 19.9 Å². The molecule has 2 heterocycles. The summed E-state index contributed by atoms with van der Waals surface area (Å²) in [5.74, 6) is 3.05. The second-order valence-corrected chi connectivity index (χ2v) is 6.85. The van der Waals surface area contributed by atoms with E-state index in [1.807, 2.05) is 17.0 Å². The highest BCUT2D eigenvalue weighted by Gasteiger charge is 2.23. The lowest BCUT2D eigenvalue weighted by molar-refractivity contribution is 0.0691. The van der Waals surface area contributed by atoms with Gasteiger partial charge in [0, 0.05) is 25.2 Å². The van der Waals surface area contributed by atoms with Crippen molar-refractivity contribution in [2.75, 3.05) is 32.6 Å². The van der Waals surface area contributed by atoms with Crippen molar-refractivity contribution < 1.29 is 14.3 Å². The Morgan fingerprint density at radius 1 is 1.15 bits per heavy atom. The van der Waals surface area contributed by atoms with Crippen molar-refractivity contribution in [2.45, 2.75) is 26.7 Å². The van der Waals surface area contributed by atoms with Gasteiger partial charge in [0.1, 0.15) is 28.8 Å². The number of aromatic nitrogens is 2. The van der Waals surface area contributed by atoms with E-state index < -0.39 is 0 Å². The van der Waals surface area contributed by atoms with Gasteiger partial charge in [-0.1, -0.05) is 6.92 Å². The Morgan fingerprint density at radius 2 is 1.89 bits per heavy atom. The predicted molar refractivity (Wildman–Crippen MR) is 104 cm³/mol. The number of nitrogens with zero attached hydrogens (tertiary/aromatic N) is 3. The molecule has 7 nitrogen and oxygen atoms in total. The van der Waals surface area contributed by atoms with Crippen molar-refractivity contribution in [3.8, 4) is 11.5 Å². The molecule has 0 unspecified atom stereocenters. The molecular weight excluding hydrogens is 344 g/mol. The van der Waals surface area contributed by atoms with Crippen LogP contribution in [-0.4, -0.2) is 48.1 Å². The highest BCUT2D eigenvalue weighted by Crippen LogP contribution is 2.31. The molecule has 0 atom stereocenters. The number of likely N-dealkylation sites (tertiary alicyclic amines) is 1. The van der Waals surface area contributed by atoms with Gasteiger partial charge in [0.25, 0.3) is 5.91 Å². The number of amides is 1. The molecule has 0 saturated carbocycles. The maximum absolute atomic E-state index is 12.8. The van der Waals surface area contributed by atoms with E-state index in [9.17, 15) is 4.79 Å². The monoisotopic (exact) mass is 370 g/mol. The summed E-state index contributed by atoms with van der Waals surface area (Å²) in [6.07, 6.45) is 2.06. The molecule has 1 fully saturated rings. The van der Waals surface area contributed by atoms with Crippen molar-refractivity contribution in [3.05, 3.63) is 35.8 Å². The first-order valence-corrected chi connectivity index (χ1v) is 9.14. The van der Waals surface area contributed by atoms with E-state index in [1.54, 1.807) is 33.3 Å². The first-order chi connectivity index (χ1) is 13.0. The summed E-state index contributed by atoms with van der Waals surface area (Å²) in [5.41, 5.74) is 1.15. The van der Waals surface area contributed by atoms with Gasteiger partial charge in [0.15, 0.2) is 0 Å². The normalized spacial score (nSPS) is 14.7. The van der Waals surface area contributed by atoms with Crippen molar-refractivity contribution in [3.63, 3.8) is 0 Å². The average Bonchev–Trinajstić information content (AvgIpc) is 2.68. The third kappa shape index (κ3) is 4.48. The molecule has 0 bridgehead atoms. The largest absolute Gasteiger partial charge is 0.497 e. The maximum Gasteiger partial charge on any atom is 0.272 e. The first-order valence-electron chi connectivity index (χ1n) is 9.14. The van der Waals surface area contributed by atoms with Gasteiger partial charge < -0.3 is 19.7 Å². The summed E-state index contributed by atoms with van der Waals surface area (Å²) >= 11 is 0. The van der Waals surface area contributed by atoms with Crippen LogP contribution in [0.25, 0.3) is 0 Å². The number of hydrogen-bond donors (Lipinski definition) is 1. The molecule has 1 saturated heterocycles. The maximum atomic E-state index is 12.8. The topological polar surface area (TPSA) is 76.6 Å². The second kappa shape index (κ2) is 8.24. The number of nitrogens with one attached hydrogen (secondary N) is 1. The molecule has 144 valence electrons. The van der Waals surface area contributed by atoms with Crippen LogP contribution in [0.1, 0.15) is 36.1 Å². The molecule has 1 amide bonds. The summed E-state index contributed by atoms with van der Waals surface area (Å²) in [6, 6.07) is 7.16. The molecule has 1 N–H and O–H groups in total. The molecule has 1 aromatic carbocycles. The summed E-state index contributed by atoms with van der Waals surface area (Å²) in [5, 5.41) is 3.22. The molecule has 0 spiro atoms. The van der Waals surface area contributed by atoms with Crippen LogP contribution in [0.15, 0.2) is 24.3 Å². The standard InChI is InChI=1S/C20H26N4O3/c1-13-7-9-24(10-8-13)20(25)17-12-19(22-14(2)21-17)23-16-6-5-15(26-3)11-18(16)27-4/h5-6,11-13H,7-10H2,1-4H3,(H,21,22,23). The van der Waals surface area contributed by atoms with Gasteiger partial charge in [-0.3, -0.25) is 4.79 Å². The van der Waals surface area contributed by atoms with E-state index in [1.165, 1.54) is 0 Å². The third-order valence-corrected chi connectivity index (χ3v) is 4.80. The van der Waals surface area contributed by atoms with Gasteiger partial charge in [-0.2, -0.15) is 0 Å². The van der Waals surface area contributed by atoms with Gasteiger partial charge >= 0.3 is 0 Å². The molecule has 1 aliphatic rings. The van der Waals surface area contributed by atoms with E-state index in [0.29, 0.717) is 34.8 Å². The van der Waals surface area contributed by atoms with Crippen LogP contribution >= 0.6 is 0 Å². The van der Waals surface area contributed by atoms with E-state index in [-0.39, 0.29) is 5.91 Å². The highest BCUT2D eigenvalue weighted by atomic mass is 16.5. The van der Waals surface area contributed by atoms with Crippen LogP contribution in [0.3, 0.4) is 0 Å². The fourth-order valence-electron chi connectivity index (χ4n) is 3.15. The number of ether oxygens (including phenoxy) is 2. The molecule has 0 aliphatic carbocycles. The lowest BCUT2D eigenvalue weighted by atomic mass is 9.99. The Labute approximate surface area is 159 Å². The first kappa shape index (κ1) is 18.9. The number of carbonyl (C=O) groups is 1. The van der Waals surface area contributed by atoms with Crippen LogP contribution in [-0.2, 0) is 0 Å². The van der Waals surface area contributed by atoms with Crippen molar-refractivity contribution >= 4 is 17.4 Å². The zero-order chi connectivity index (χ0) is 19.4. The Morgan fingerprint density at radius 3 is 2.56 bits per heavy atom. The van der Waals surface area contributed by atoms with Crippen molar-refractivity contribution in [1.29, 1.82) is 0 Å². The molecule has 0 radical (unpaired) electrons. The second-order valence-electron chi connectivity index (χ2n) is 6.85. The molecule has 2 aromatic rings. The number of rotatable bonds is 5. The van der Waals surface area contributed by atoms with Crippen LogP contribution in [0.5, 0.6) is 11.5 Å². The number of piperidine rings is 1. The number of carbonyl (C=O) groups excluding carboxylic acids is 1. The zero-order valence-electron chi connectivity index (χ0n) is 16.3.